The van der Waals surface area contributed by atoms with Crippen molar-refractivity contribution in [2.45, 2.75) is 47.5 Å². The van der Waals surface area contributed by atoms with Gasteiger partial charge in [-0.05, 0) is 108 Å². The van der Waals surface area contributed by atoms with Gasteiger partial charge in [0.2, 0.25) is 0 Å². The van der Waals surface area contributed by atoms with Crippen LogP contribution in [0.2, 0.25) is 0 Å². The quantitative estimate of drug-likeness (QED) is 0.300. The Balaban J connectivity index is 1.84. The Bertz CT molecular complexity index is 1340. The van der Waals surface area contributed by atoms with Crippen LogP contribution in [0.1, 0.15) is 50.1 Å². The summed E-state index contributed by atoms with van der Waals surface area (Å²) < 4.78 is 0. The zero-order valence-electron chi connectivity index (χ0n) is 20.5. The fourth-order valence-electron chi connectivity index (χ4n) is 4.74. The van der Waals surface area contributed by atoms with Crippen molar-refractivity contribution in [3.05, 3.63) is 111 Å². The van der Waals surface area contributed by atoms with Crippen LogP contribution in [0.3, 0.4) is 0 Å². The van der Waals surface area contributed by atoms with Crippen molar-refractivity contribution in [3.8, 4) is 28.4 Å². The Morgan fingerprint density at radius 1 is 0.500 bits per heavy atom. The Kier molecular flexibility index (Phi) is 6.39. The van der Waals surface area contributed by atoms with Gasteiger partial charge in [-0.2, -0.15) is 0 Å². The summed E-state index contributed by atoms with van der Waals surface area (Å²) in [4.78, 5) is 0. The number of hydrogen-bond donors (Lipinski definition) is 3. The van der Waals surface area contributed by atoms with E-state index in [0.717, 1.165) is 61.2 Å². The van der Waals surface area contributed by atoms with Crippen LogP contribution in [0.4, 0.5) is 0 Å². The van der Waals surface area contributed by atoms with Gasteiger partial charge in [0, 0.05) is 12.8 Å². The lowest BCUT2D eigenvalue weighted by atomic mass is 9.89. The minimum atomic E-state index is 0.297. The average Bonchev–Trinajstić information content (AvgIpc) is 2.82. The zero-order valence-corrected chi connectivity index (χ0v) is 20.5. The van der Waals surface area contributed by atoms with E-state index in [2.05, 4.69) is 24.3 Å². The van der Waals surface area contributed by atoms with Crippen molar-refractivity contribution < 1.29 is 15.3 Å². The Hall–Kier alpha value is -3.72. The molecule has 4 aromatic carbocycles. The second kappa shape index (κ2) is 9.26. The predicted octanol–water partition coefficient (Wildman–Crippen LogP) is 7.19. The summed E-state index contributed by atoms with van der Waals surface area (Å²) in [5, 5.41) is 31.9. The summed E-state index contributed by atoms with van der Waals surface area (Å²) in [6.07, 6.45) is 1.13. The van der Waals surface area contributed by atoms with Crippen LogP contribution in [-0.2, 0) is 12.8 Å². The third-order valence-electron chi connectivity index (χ3n) is 6.86. The van der Waals surface area contributed by atoms with Gasteiger partial charge in [-0.25, -0.2) is 0 Å². The molecule has 4 rings (SSSR count). The first kappa shape index (κ1) is 23.4. The molecule has 0 saturated heterocycles. The fraction of sp³-hybridized carbons (Fsp3) is 0.226. The van der Waals surface area contributed by atoms with Crippen LogP contribution in [0.15, 0.2) is 60.7 Å². The van der Waals surface area contributed by atoms with Crippen LogP contribution < -0.4 is 0 Å². The molecule has 3 nitrogen and oxygen atoms in total. The molecule has 3 N–H and O–H groups in total. The number of aromatic hydroxyl groups is 3. The molecule has 0 heterocycles. The van der Waals surface area contributed by atoms with Gasteiger partial charge in [0.05, 0.1) is 0 Å². The van der Waals surface area contributed by atoms with Gasteiger partial charge in [-0.3, -0.25) is 0 Å². The number of phenolic OH excluding ortho intramolecular Hbond substituents is 3. The standard InChI is InChI=1S/C31H32O3/c1-18-11-23(12-19(2)29(18)32)14-27-16-26(24-9-7-6-8-10-24)17-28(31(27)34)15-25-13-20(3)30(33)22(5)21(25)4/h6-13,16-17,32-34H,14-15H2,1-5H3. The van der Waals surface area contributed by atoms with Crippen molar-refractivity contribution in [1.29, 1.82) is 0 Å². The van der Waals surface area contributed by atoms with E-state index in [9.17, 15) is 15.3 Å². The maximum Gasteiger partial charge on any atom is 0.122 e. The molecule has 3 heteroatoms. The highest BCUT2D eigenvalue weighted by Gasteiger charge is 2.16. The van der Waals surface area contributed by atoms with E-state index >= 15 is 0 Å². The van der Waals surface area contributed by atoms with E-state index in [1.54, 1.807) is 0 Å². The second-order valence-electron chi connectivity index (χ2n) is 9.39. The summed E-state index contributed by atoms with van der Waals surface area (Å²) >= 11 is 0. The summed E-state index contributed by atoms with van der Waals surface area (Å²) in [6.45, 7) is 9.66. The third-order valence-corrected chi connectivity index (χ3v) is 6.86. The minimum absolute atomic E-state index is 0.297. The molecular formula is C31H32O3. The summed E-state index contributed by atoms with van der Waals surface area (Å²) in [5.41, 5.74) is 10.4. The van der Waals surface area contributed by atoms with Gasteiger partial charge in [-0.1, -0.05) is 48.5 Å². The van der Waals surface area contributed by atoms with Gasteiger partial charge in [-0.15, -0.1) is 0 Å². The predicted molar refractivity (Wildman–Crippen MR) is 139 cm³/mol. The minimum Gasteiger partial charge on any atom is -0.507 e. The number of aryl methyl sites for hydroxylation is 3. The van der Waals surface area contributed by atoms with Crippen LogP contribution >= 0.6 is 0 Å². The van der Waals surface area contributed by atoms with E-state index in [0.29, 0.717) is 30.1 Å². The monoisotopic (exact) mass is 452 g/mol. The molecule has 0 radical (unpaired) electrons. The molecule has 174 valence electrons. The molecule has 4 aromatic rings. The zero-order chi connectivity index (χ0) is 24.6. The highest BCUT2D eigenvalue weighted by Crippen LogP contribution is 2.36. The first-order valence-corrected chi connectivity index (χ1v) is 11.6. The van der Waals surface area contributed by atoms with Crippen molar-refractivity contribution in [2.24, 2.45) is 0 Å². The Morgan fingerprint density at radius 2 is 1.06 bits per heavy atom. The lowest BCUT2D eigenvalue weighted by Crippen LogP contribution is -2.00. The van der Waals surface area contributed by atoms with Gasteiger partial charge in [0.15, 0.2) is 0 Å². The smallest absolute Gasteiger partial charge is 0.122 e. The van der Waals surface area contributed by atoms with E-state index in [-0.39, 0.29) is 0 Å². The highest BCUT2D eigenvalue weighted by atomic mass is 16.3. The lowest BCUT2D eigenvalue weighted by Gasteiger charge is -2.17. The Morgan fingerprint density at radius 3 is 1.68 bits per heavy atom. The molecule has 0 bridgehead atoms. The average molecular weight is 453 g/mol. The van der Waals surface area contributed by atoms with Gasteiger partial charge >= 0.3 is 0 Å². The first-order chi connectivity index (χ1) is 16.2. The van der Waals surface area contributed by atoms with Crippen molar-refractivity contribution >= 4 is 0 Å². The fourth-order valence-corrected chi connectivity index (χ4v) is 4.74. The summed E-state index contributed by atoms with van der Waals surface area (Å²) in [5.74, 6) is 0.952. The Labute approximate surface area is 202 Å². The molecule has 0 aromatic heterocycles. The maximum atomic E-state index is 11.4. The normalized spacial score (nSPS) is 11.1. The first-order valence-electron chi connectivity index (χ1n) is 11.6. The molecule has 0 amide bonds. The highest BCUT2D eigenvalue weighted by molar-refractivity contribution is 5.68. The lowest BCUT2D eigenvalue weighted by molar-refractivity contribution is 0.463. The third kappa shape index (κ3) is 4.51. The molecule has 0 atom stereocenters. The van der Waals surface area contributed by atoms with Crippen molar-refractivity contribution in [2.75, 3.05) is 0 Å². The number of rotatable bonds is 5. The second-order valence-corrected chi connectivity index (χ2v) is 9.39. The SMILES string of the molecule is Cc1cc(Cc2cc(-c3ccccc3)cc(Cc3cc(C)c(O)c(C)c3C)c2O)cc(C)c1O. The van der Waals surface area contributed by atoms with Crippen LogP contribution in [0.25, 0.3) is 11.1 Å². The molecule has 0 saturated carbocycles. The number of benzene rings is 4. The van der Waals surface area contributed by atoms with E-state index in [4.69, 9.17) is 0 Å². The molecule has 0 spiro atoms. The maximum absolute atomic E-state index is 11.4. The molecule has 0 aliphatic rings. The molecule has 0 unspecified atom stereocenters. The van der Waals surface area contributed by atoms with Crippen molar-refractivity contribution in [1.82, 2.24) is 0 Å². The van der Waals surface area contributed by atoms with E-state index in [1.807, 2.05) is 71.0 Å². The molecule has 0 aliphatic heterocycles. The number of phenols is 3. The summed E-state index contributed by atoms with van der Waals surface area (Å²) in [7, 11) is 0. The van der Waals surface area contributed by atoms with Crippen molar-refractivity contribution in [3.63, 3.8) is 0 Å². The molecule has 0 aliphatic carbocycles. The molecule has 0 fully saturated rings. The van der Waals surface area contributed by atoms with Crippen LogP contribution in [-0.4, -0.2) is 15.3 Å². The van der Waals surface area contributed by atoms with Gasteiger partial charge < -0.3 is 15.3 Å². The van der Waals surface area contributed by atoms with Gasteiger partial charge in [0.1, 0.15) is 17.2 Å². The van der Waals surface area contributed by atoms with Crippen LogP contribution in [0, 0.1) is 34.6 Å². The number of hydrogen-bond acceptors (Lipinski definition) is 3. The van der Waals surface area contributed by atoms with Crippen LogP contribution in [0.5, 0.6) is 17.2 Å². The largest absolute Gasteiger partial charge is 0.507 e. The van der Waals surface area contributed by atoms with E-state index in [1.165, 1.54) is 0 Å². The molecule has 34 heavy (non-hydrogen) atoms. The topological polar surface area (TPSA) is 60.7 Å². The summed E-state index contributed by atoms with van der Waals surface area (Å²) in [6, 6.07) is 20.3. The van der Waals surface area contributed by atoms with E-state index < -0.39 is 0 Å². The molecular weight excluding hydrogens is 420 g/mol. The van der Waals surface area contributed by atoms with Gasteiger partial charge in [0.25, 0.3) is 0 Å².